The molecule has 0 saturated heterocycles. The molecule has 1 N–H and O–H groups in total. The van der Waals surface area contributed by atoms with Gasteiger partial charge in [-0.1, -0.05) is 18.0 Å². The minimum absolute atomic E-state index is 0.101. The maximum atomic E-state index is 13.0. The van der Waals surface area contributed by atoms with Crippen molar-refractivity contribution in [3.05, 3.63) is 64.4 Å². The zero-order chi connectivity index (χ0) is 25.9. The largest absolute Gasteiger partial charge is 0.460 e. The molecule has 0 spiro atoms. The number of benzene rings is 2. The van der Waals surface area contributed by atoms with Crippen LogP contribution in [0.5, 0.6) is 0 Å². The summed E-state index contributed by atoms with van der Waals surface area (Å²) in [5, 5.41) is 12.5. The van der Waals surface area contributed by atoms with Gasteiger partial charge in [-0.3, -0.25) is 14.0 Å². The van der Waals surface area contributed by atoms with Crippen LogP contribution in [0.1, 0.15) is 68.2 Å². The number of ether oxygens (including phenoxy) is 1. The summed E-state index contributed by atoms with van der Waals surface area (Å²) in [6.07, 6.45) is 2.90. The summed E-state index contributed by atoms with van der Waals surface area (Å²) in [4.78, 5) is 29.7. The molecule has 188 valence electrons. The minimum Gasteiger partial charge on any atom is -0.460 e. The highest BCUT2D eigenvalue weighted by molar-refractivity contribution is 6.30. The first kappa shape index (κ1) is 25.6. The Labute approximate surface area is 215 Å². The molecule has 0 aliphatic heterocycles. The molecule has 0 unspecified atom stereocenters. The number of carbonyl (C=O) groups excluding carboxylic acids is 2. The summed E-state index contributed by atoms with van der Waals surface area (Å²) in [5.41, 5.74) is 2.76. The maximum absolute atomic E-state index is 13.0. The molecule has 2 aromatic heterocycles. The van der Waals surface area contributed by atoms with Crippen LogP contribution in [-0.2, 0) is 9.53 Å². The molecule has 0 fully saturated rings. The number of hydrogen-bond acceptors (Lipinski definition) is 7. The van der Waals surface area contributed by atoms with Crippen LogP contribution in [0.4, 0.5) is 5.82 Å². The van der Waals surface area contributed by atoms with Crippen molar-refractivity contribution in [2.45, 2.75) is 59.0 Å². The predicted octanol–water partition coefficient (Wildman–Crippen LogP) is 5.78. The van der Waals surface area contributed by atoms with Crippen molar-refractivity contribution in [1.29, 1.82) is 0 Å². The van der Waals surface area contributed by atoms with E-state index in [1.165, 1.54) is 0 Å². The number of esters is 1. The number of unbranched alkanes of at least 4 members (excludes halogenated alkanes) is 2. The predicted molar refractivity (Wildman–Crippen MR) is 141 cm³/mol. The highest BCUT2D eigenvalue weighted by Gasteiger charge is 2.17. The molecule has 4 rings (SSSR count). The normalized spacial score (nSPS) is 11.7. The van der Waals surface area contributed by atoms with E-state index >= 15 is 0 Å². The van der Waals surface area contributed by atoms with Crippen LogP contribution in [-0.4, -0.2) is 43.5 Å². The van der Waals surface area contributed by atoms with Gasteiger partial charge in [0.25, 0.3) is 0 Å². The smallest absolute Gasteiger partial charge is 0.306 e. The molecule has 0 radical (unpaired) electrons. The first-order valence-electron chi connectivity index (χ1n) is 12.0. The van der Waals surface area contributed by atoms with Crippen LogP contribution in [0, 0.1) is 6.92 Å². The highest BCUT2D eigenvalue weighted by Crippen LogP contribution is 2.24. The van der Waals surface area contributed by atoms with Gasteiger partial charge in [0, 0.05) is 29.1 Å². The first-order chi connectivity index (χ1) is 17.1. The van der Waals surface area contributed by atoms with Gasteiger partial charge < -0.3 is 10.1 Å². The topological polar surface area (TPSA) is 98.5 Å². The second-order valence-electron chi connectivity index (χ2n) is 9.73. The summed E-state index contributed by atoms with van der Waals surface area (Å²) in [6, 6.07) is 12.3. The molecule has 9 heteroatoms. The van der Waals surface area contributed by atoms with Crippen molar-refractivity contribution in [1.82, 2.24) is 19.6 Å². The Morgan fingerprint density at radius 2 is 1.72 bits per heavy atom. The van der Waals surface area contributed by atoms with Crippen LogP contribution in [0.25, 0.3) is 16.7 Å². The summed E-state index contributed by atoms with van der Waals surface area (Å²) >= 11 is 5.96. The van der Waals surface area contributed by atoms with Crippen molar-refractivity contribution >= 4 is 45.9 Å². The first-order valence-corrected chi connectivity index (χ1v) is 12.4. The quantitative estimate of drug-likeness (QED) is 0.174. The molecule has 4 aromatic rings. The van der Waals surface area contributed by atoms with Gasteiger partial charge in [-0.05, 0) is 83.0 Å². The SMILES string of the molecule is Cc1nnc2c(NCCCCCC(=O)OC(C)(C)C)nc3cc(C(=O)c4ccc(Cl)cc4)ccc3n12. The number of fused-ring (bicyclic) bond motifs is 3. The Balaban J connectivity index is 1.48. The molecule has 8 nitrogen and oxygen atoms in total. The number of rotatable bonds is 9. The monoisotopic (exact) mass is 507 g/mol. The maximum Gasteiger partial charge on any atom is 0.306 e. The number of nitrogens with zero attached hydrogens (tertiary/aromatic N) is 4. The Bertz CT molecular complexity index is 1410. The van der Waals surface area contributed by atoms with Crippen molar-refractivity contribution in [2.24, 2.45) is 0 Å². The zero-order valence-corrected chi connectivity index (χ0v) is 21.7. The van der Waals surface area contributed by atoms with E-state index in [2.05, 4.69) is 15.5 Å². The fraction of sp³-hybridized carbons (Fsp3) is 0.370. The van der Waals surface area contributed by atoms with Gasteiger partial charge in [-0.2, -0.15) is 0 Å². The Hall–Kier alpha value is -3.52. The molecule has 0 bridgehead atoms. The number of carbonyl (C=O) groups is 2. The lowest BCUT2D eigenvalue weighted by molar-refractivity contribution is -0.154. The third-order valence-electron chi connectivity index (χ3n) is 5.62. The van der Waals surface area contributed by atoms with E-state index < -0.39 is 5.60 Å². The summed E-state index contributed by atoms with van der Waals surface area (Å²) in [5.74, 6) is 1.06. The van der Waals surface area contributed by atoms with Crippen LogP contribution in [0.2, 0.25) is 5.02 Å². The van der Waals surface area contributed by atoms with E-state index in [0.717, 1.165) is 30.6 Å². The molecule has 0 amide bonds. The molecule has 36 heavy (non-hydrogen) atoms. The number of ketones is 1. The molecule has 2 aromatic carbocycles. The van der Waals surface area contributed by atoms with Crippen molar-refractivity contribution in [3.63, 3.8) is 0 Å². The number of nitrogens with one attached hydrogen (secondary N) is 1. The van der Waals surface area contributed by atoms with Crippen LogP contribution in [0.3, 0.4) is 0 Å². The van der Waals surface area contributed by atoms with Gasteiger partial charge in [-0.15, -0.1) is 10.2 Å². The van der Waals surface area contributed by atoms with Gasteiger partial charge in [-0.25, -0.2) is 4.98 Å². The number of anilines is 1. The number of aromatic nitrogens is 4. The van der Waals surface area contributed by atoms with Crippen LogP contribution >= 0.6 is 11.6 Å². The van der Waals surface area contributed by atoms with E-state index in [-0.39, 0.29) is 11.8 Å². The van der Waals surface area contributed by atoms with Gasteiger partial charge in [0.2, 0.25) is 5.65 Å². The Morgan fingerprint density at radius 1 is 1.00 bits per heavy atom. The third-order valence-corrected chi connectivity index (χ3v) is 5.88. The lowest BCUT2D eigenvalue weighted by Gasteiger charge is -2.19. The van der Waals surface area contributed by atoms with E-state index in [1.807, 2.05) is 38.2 Å². The summed E-state index contributed by atoms with van der Waals surface area (Å²) in [7, 11) is 0. The molecular formula is C27H30ClN5O3. The lowest BCUT2D eigenvalue weighted by atomic mass is 10.0. The van der Waals surface area contributed by atoms with E-state index in [9.17, 15) is 9.59 Å². The second-order valence-corrected chi connectivity index (χ2v) is 10.2. The van der Waals surface area contributed by atoms with Crippen molar-refractivity contribution in [2.75, 3.05) is 11.9 Å². The summed E-state index contributed by atoms with van der Waals surface area (Å²) < 4.78 is 7.29. The number of aryl methyl sites for hydroxylation is 1. The van der Waals surface area contributed by atoms with Gasteiger partial charge in [0.15, 0.2) is 11.6 Å². The standard InChI is InChI=1S/C27H30ClN5O3/c1-17-31-32-26-25(29-15-7-5-6-8-23(34)36-27(2,3)4)30-21-16-19(11-14-22(21)33(17)26)24(35)18-9-12-20(28)13-10-18/h9-14,16H,5-8,15H2,1-4H3,(H,29,30). The number of hydrogen-bond donors (Lipinski definition) is 1. The van der Waals surface area contributed by atoms with Gasteiger partial charge in [0.1, 0.15) is 11.4 Å². The van der Waals surface area contributed by atoms with Gasteiger partial charge in [0.05, 0.1) is 11.0 Å². The second kappa shape index (κ2) is 10.6. The van der Waals surface area contributed by atoms with E-state index in [1.54, 1.807) is 36.4 Å². The van der Waals surface area contributed by atoms with Crippen LogP contribution in [0.15, 0.2) is 42.5 Å². The molecule has 0 aliphatic carbocycles. The molecule has 0 atom stereocenters. The lowest BCUT2D eigenvalue weighted by Crippen LogP contribution is -2.23. The van der Waals surface area contributed by atoms with Crippen LogP contribution < -0.4 is 5.32 Å². The molecular weight excluding hydrogens is 478 g/mol. The average molecular weight is 508 g/mol. The van der Waals surface area contributed by atoms with Crippen molar-refractivity contribution in [3.8, 4) is 0 Å². The Morgan fingerprint density at radius 3 is 2.44 bits per heavy atom. The minimum atomic E-state index is -0.457. The van der Waals surface area contributed by atoms with E-state index in [4.69, 9.17) is 21.3 Å². The zero-order valence-electron chi connectivity index (χ0n) is 21.0. The third kappa shape index (κ3) is 5.99. The Kier molecular flexibility index (Phi) is 7.54. The molecule has 0 aliphatic rings. The van der Waals surface area contributed by atoms with Crippen molar-refractivity contribution < 1.29 is 14.3 Å². The average Bonchev–Trinajstić information content (AvgIpc) is 3.21. The highest BCUT2D eigenvalue weighted by atomic mass is 35.5. The molecule has 0 saturated carbocycles. The van der Waals surface area contributed by atoms with E-state index in [0.29, 0.717) is 46.1 Å². The van der Waals surface area contributed by atoms with Gasteiger partial charge >= 0.3 is 5.97 Å². The fourth-order valence-corrected chi connectivity index (χ4v) is 4.10. The number of halogens is 1. The molecule has 2 heterocycles. The summed E-state index contributed by atoms with van der Waals surface area (Å²) in [6.45, 7) is 8.16. The fourth-order valence-electron chi connectivity index (χ4n) is 3.97.